The molecule has 1 fully saturated rings. The summed E-state index contributed by atoms with van der Waals surface area (Å²) in [6.45, 7) is 0. The molecule has 0 bridgehead atoms. The van der Waals surface area contributed by atoms with Crippen molar-refractivity contribution >= 4 is 10.8 Å². The van der Waals surface area contributed by atoms with Crippen molar-refractivity contribution in [2.45, 2.75) is 57.5 Å². The number of aliphatic hydroxyl groups excluding tert-OH is 1. The molecule has 0 aromatic heterocycles. The topological polar surface area (TPSA) is 20.2 Å². The molecule has 0 radical (unpaired) electrons. The zero-order valence-corrected chi connectivity index (χ0v) is 12.6. The quantitative estimate of drug-likeness (QED) is 0.844. The van der Waals surface area contributed by atoms with E-state index in [2.05, 4.69) is 30.3 Å². The lowest BCUT2D eigenvalue weighted by atomic mass is 9.83. The van der Waals surface area contributed by atoms with Gasteiger partial charge in [0, 0.05) is 0 Å². The molecule has 1 nitrogen and oxygen atoms in total. The van der Waals surface area contributed by atoms with Gasteiger partial charge in [-0.2, -0.15) is 0 Å². The first-order valence-corrected chi connectivity index (χ1v) is 8.54. The molecule has 2 aliphatic rings. The maximum Gasteiger partial charge on any atom is 0.0798 e. The molecular weight excluding hydrogens is 256 g/mol. The van der Waals surface area contributed by atoms with Crippen LogP contribution in [0.15, 0.2) is 30.3 Å². The van der Waals surface area contributed by atoms with E-state index < -0.39 is 0 Å². The van der Waals surface area contributed by atoms with Gasteiger partial charge in [-0.25, -0.2) is 0 Å². The Bertz CT molecular complexity index is 642. The first-order valence-electron chi connectivity index (χ1n) is 8.54. The van der Waals surface area contributed by atoms with Crippen molar-refractivity contribution in [1.29, 1.82) is 0 Å². The minimum Gasteiger partial charge on any atom is -0.388 e. The summed E-state index contributed by atoms with van der Waals surface area (Å²) in [5.41, 5.74) is 4.09. The second-order valence-electron chi connectivity index (χ2n) is 6.91. The summed E-state index contributed by atoms with van der Waals surface area (Å²) < 4.78 is 0. The van der Waals surface area contributed by atoms with Gasteiger partial charge >= 0.3 is 0 Å². The number of rotatable bonds is 3. The van der Waals surface area contributed by atoms with Gasteiger partial charge < -0.3 is 5.11 Å². The van der Waals surface area contributed by atoms with Gasteiger partial charge in [0.1, 0.15) is 0 Å². The fourth-order valence-corrected chi connectivity index (χ4v) is 4.43. The van der Waals surface area contributed by atoms with E-state index >= 15 is 0 Å². The second kappa shape index (κ2) is 5.46. The lowest BCUT2D eigenvalue weighted by molar-refractivity contribution is 0.132. The van der Waals surface area contributed by atoms with Crippen molar-refractivity contribution in [2.75, 3.05) is 0 Å². The van der Waals surface area contributed by atoms with Crippen LogP contribution in [0, 0.1) is 5.92 Å². The molecule has 0 saturated heterocycles. The van der Waals surface area contributed by atoms with Crippen molar-refractivity contribution in [3.63, 3.8) is 0 Å². The maximum absolute atomic E-state index is 10.8. The Morgan fingerprint density at radius 1 is 0.952 bits per heavy atom. The van der Waals surface area contributed by atoms with E-state index in [9.17, 15) is 5.11 Å². The largest absolute Gasteiger partial charge is 0.388 e. The van der Waals surface area contributed by atoms with E-state index in [0.717, 1.165) is 30.7 Å². The van der Waals surface area contributed by atoms with E-state index in [-0.39, 0.29) is 6.10 Å². The highest BCUT2D eigenvalue weighted by Crippen LogP contribution is 2.38. The Labute approximate surface area is 127 Å². The highest BCUT2D eigenvalue weighted by atomic mass is 16.3. The average molecular weight is 280 g/mol. The van der Waals surface area contributed by atoms with Crippen LogP contribution in [0.2, 0.25) is 0 Å². The molecule has 2 aliphatic carbocycles. The van der Waals surface area contributed by atoms with E-state index in [0.29, 0.717) is 0 Å². The zero-order chi connectivity index (χ0) is 14.2. The summed E-state index contributed by atoms with van der Waals surface area (Å²) in [7, 11) is 0. The smallest absolute Gasteiger partial charge is 0.0798 e. The summed E-state index contributed by atoms with van der Waals surface area (Å²) in [6.07, 6.45) is 9.66. The van der Waals surface area contributed by atoms with Gasteiger partial charge in [0.05, 0.1) is 6.10 Å². The summed E-state index contributed by atoms with van der Waals surface area (Å²) in [4.78, 5) is 0. The molecule has 1 unspecified atom stereocenters. The van der Waals surface area contributed by atoms with Crippen LogP contribution in [0.3, 0.4) is 0 Å². The third-order valence-corrected chi connectivity index (χ3v) is 5.55. The lowest BCUT2D eigenvalue weighted by Crippen LogP contribution is -2.11. The first-order chi connectivity index (χ1) is 10.3. The summed E-state index contributed by atoms with van der Waals surface area (Å²) in [5, 5.41) is 13.5. The molecule has 1 N–H and O–H groups in total. The van der Waals surface area contributed by atoms with Crippen LogP contribution in [0.25, 0.3) is 10.8 Å². The van der Waals surface area contributed by atoms with Crippen LogP contribution in [0.1, 0.15) is 61.3 Å². The number of hydrogen-bond acceptors (Lipinski definition) is 1. The van der Waals surface area contributed by atoms with E-state index in [1.807, 2.05) is 0 Å². The van der Waals surface area contributed by atoms with Crippen molar-refractivity contribution in [3.8, 4) is 0 Å². The predicted octanol–water partition coefficient (Wildman–Crippen LogP) is 4.94. The first kappa shape index (κ1) is 13.3. The summed E-state index contributed by atoms with van der Waals surface area (Å²) in [6, 6.07) is 11.0. The van der Waals surface area contributed by atoms with Crippen molar-refractivity contribution in [1.82, 2.24) is 0 Å². The monoisotopic (exact) mass is 280 g/mol. The standard InChI is InChI=1S/C20H24O/c21-19(13-14-5-2-1-3-6-14)17-12-11-16-10-9-15-7-4-8-18(17)20(15)16/h4,7-8,11-12,14,19,21H,1-3,5-6,9-10,13H2. The van der Waals surface area contributed by atoms with Gasteiger partial charge in [0.25, 0.3) is 0 Å². The van der Waals surface area contributed by atoms with E-state index in [1.165, 1.54) is 54.0 Å². The minimum atomic E-state index is -0.294. The number of hydrogen-bond donors (Lipinski definition) is 1. The third-order valence-electron chi connectivity index (χ3n) is 5.55. The number of aliphatic hydroxyl groups is 1. The molecule has 2 aromatic rings. The van der Waals surface area contributed by atoms with Crippen molar-refractivity contribution in [2.24, 2.45) is 5.92 Å². The molecule has 1 heteroatoms. The second-order valence-corrected chi connectivity index (χ2v) is 6.91. The Morgan fingerprint density at radius 2 is 1.71 bits per heavy atom. The van der Waals surface area contributed by atoms with Crippen LogP contribution in [0.5, 0.6) is 0 Å². The average Bonchev–Trinajstić information content (AvgIpc) is 2.94. The Kier molecular flexibility index (Phi) is 3.46. The molecule has 1 atom stereocenters. The highest BCUT2D eigenvalue weighted by Gasteiger charge is 2.22. The van der Waals surface area contributed by atoms with Gasteiger partial charge in [-0.3, -0.25) is 0 Å². The number of benzene rings is 2. The van der Waals surface area contributed by atoms with Gasteiger partial charge in [0.15, 0.2) is 0 Å². The number of aryl methyl sites for hydroxylation is 2. The van der Waals surface area contributed by atoms with E-state index in [1.54, 1.807) is 0 Å². The van der Waals surface area contributed by atoms with Crippen LogP contribution in [-0.2, 0) is 12.8 Å². The summed E-state index contributed by atoms with van der Waals surface area (Å²) >= 11 is 0. The van der Waals surface area contributed by atoms with Gasteiger partial charge in [-0.1, -0.05) is 62.4 Å². The van der Waals surface area contributed by atoms with Gasteiger partial charge in [0.2, 0.25) is 0 Å². The zero-order valence-electron chi connectivity index (χ0n) is 12.6. The molecule has 110 valence electrons. The van der Waals surface area contributed by atoms with Gasteiger partial charge in [-0.05, 0) is 52.6 Å². The van der Waals surface area contributed by atoms with Crippen LogP contribution in [-0.4, -0.2) is 5.11 Å². The molecule has 2 aromatic carbocycles. The van der Waals surface area contributed by atoms with Crippen LogP contribution >= 0.6 is 0 Å². The maximum atomic E-state index is 10.8. The molecule has 4 rings (SSSR count). The Morgan fingerprint density at radius 3 is 2.52 bits per heavy atom. The van der Waals surface area contributed by atoms with Crippen molar-refractivity contribution in [3.05, 3.63) is 47.0 Å². The normalized spacial score (nSPS) is 20.0. The Hall–Kier alpha value is -1.34. The predicted molar refractivity (Wildman–Crippen MR) is 87.5 cm³/mol. The lowest BCUT2D eigenvalue weighted by Gasteiger charge is -2.25. The molecule has 21 heavy (non-hydrogen) atoms. The molecule has 1 saturated carbocycles. The SMILES string of the molecule is OC(CC1CCCCC1)c1ccc2c3c(cccc13)CC2. The molecule has 0 amide bonds. The molecule has 0 heterocycles. The van der Waals surface area contributed by atoms with Crippen molar-refractivity contribution < 1.29 is 5.11 Å². The third kappa shape index (κ3) is 2.38. The minimum absolute atomic E-state index is 0.294. The fraction of sp³-hybridized carbons (Fsp3) is 0.500. The summed E-state index contributed by atoms with van der Waals surface area (Å²) in [5.74, 6) is 0.719. The van der Waals surface area contributed by atoms with E-state index in [4.69, 9.17) is 0 Å². The van der Waals surface area contributed by atoms with Gasteiger partial charge in [-0.15, -0.1) is 0 Å². The van der Waals surface area contributed by atoms with Crippen LogP contribution in [0.4, 0.5) is 0 Å². The Balaban J connectivity index is 1.67. The van der Waals surface area contributed by atoms with Crippen LogP contribution < -0.4 is 0 Å². The highest BCUT2D eigenvalue weighted by molar-refractivity contribution is 5.93. The fourth-order valence-electron chi connectivity index (χ4n) is 4.43. The molecule has 0 aliphatic heterocycles. The molecule has 0 spiro atoms. The molecular formula is C20H24O.